The Morgan fingerprint density at radius 2 is 1.35 bits per heavy atom. The predicted octanol–water partition coefficient (Wildman–Crippen LogP) is 4.32. The van der Waals surface area contributed by atoms with Crippen molar-refractivity contribution in [1.82, 2.24) is 4.98 Å². The number of aromatic nitrogens is 1. The maximum Gasteiger partial charge on any atom is 0.0506 e. The molecule has 0 saturated carbocycles. The average molecular weight is 279 g/mol. The number of hydrogen-bond donors (Lipinski definition) is 0. The molecule has 88 valence electrons. The summed E-state index contributed by atoms with van der Waals surface area (Å²) in [6.45, 7) is 0. The molecule has 0 spiro atoms. The third kappa shape index (κ3) is 3.06. The first kappa shape index (κ1) is 11.6. The molecule has 0 fully saturated rings. The maximum absolute atomic E-state index is 4.69. The van der Waals surface area contributed by atoms with E-state index in [4.69, 9.17) is 0 Å². The van der Waals surface area contributed by atoms with Gasteiger partial charge in [0.1, 0.15) is 0 Å². The van der Waals surface area contributed by atoms with E-state index in [9.17, 15) is 0 Å². The minimum absolute atomic E-state index is 1.02. The van der Waals surface area contributed by atoms with Crippen LogP contribution in [0.3, 0.4) is 0 Å². The van der Waals surface area contributed by atoms with Crippen LogP contribution in [0.5, 0.6) is 0 Å². The first-order chi connectivity index (χ1) is 8.40. The highest BCUT2D eigenvalue weighted by molar-refractivity contribution is 7.98. The van der Waals surface area contributed by atoms with Crippen molar-refractivity contribution in [2.45, 2.75) is 23.0 Å². The largest absolute Gasteiger partial charge is 0.256 e. The molecule has 0 aromatic carbocycles. The van der Waals surface area contributed by atoms with Crippen molar-refractivity contribution in [3.05, 3.63) is 51.5 Å². The van der Waals surface area contributed by atoms with E-state index < -0.39 is 0 Å². The molecule has 0 aliphatic carbocycles. The summed E-state index contributed by atoms with van der Waals surface area (Å²) in [5, 5.41) is 0. The molecule has 4 bridgehead atoms. The van der Waals surface area contributed by atoms with Crippen LogP contribution >= 0.6 is 34.9 Å². The Morgan fingerprint density at radius 1 is 0.765 bits per heavy atom. The molecular formula is C13H13NS3. The average Bonchev–Trinajstić information content (AvgIpc) is 2.77. The molecule has 0 radical (unpaired) electrons. The highest BCUT2D eigenvalue weighted by Crippen LogP contribution is 2.28. The van der Waals surface area contributed by atoms with Gasteiger partial charge in [0.05, 0.1) is 11.4 Å². The monoisotopic (exact) mass is 279 g/mol. The summed E-state index contributed by atoms with van der Waals surface area (Å²) in [7, 11) is 0. The summed E-state index contributed by atoms with van der Waals surface area (Å²) in [5.74, 6) is 4.26. The zero-order valence-corrected chi connectivity index (χ0v) is 11.8. The Labute approximate surface area is 114 Å². The number of hydrogen-bond acceptors (Lipinski definition) is 4. The number of fused-ring (bicyclic) bond motifs is 4. The summed E-state index contributed by atoms with van der Waals surface area (Å²) in [4.78, 5) is 7.67. The molecule has 1 aliphatic rings. The quantitative estimate of drug-likeness (QED) is 0.712. The molecule has 0 atom stereocenters. The van der Waals surface area contributed by atoms with E-state index in [1.165, 1.54) is 21.1 Å². The molecular weight excluding hydrogens is 266 g/mol. The molecule has 1 nitrogen and oxygen atoms in total. The summed E-state index contributed by atoms with van der Waals surface area (Å²) >= 11 is 5.87. The van der Waals surface area contributed by atoms with Gasteiger partial charge in [0.15, 0.2) is 0 Å². The Kier molecular flexibility index (Phi) is 3.74. The van der Waals surface area contributed by atoms with E-state index in [1.54, 1.807) is 0 Å². The second-order valence-electron chi connectivity index (χ2n) is 3.97. The highest BCUT2D eigenvalue weighted by atomic mass is 32.2. The lowest BCUT2D eigenvalue weighted by Gasteiger charge is -2.05. The fourth-order valence-corrected chi connectivity index (χ4v) is 4.90. The van der Waals surface area contributed by atoms with E-state index in [-0.39, 0.29) is 0 Å². The van der Waals surface area contributed by atoms with Crippen molar-refractivity contribution < 1.29 is 0 Å². The van der Waals surface area contributed by atoms with E-state index in [0.717, 1.165) is 23.0 Å². The first-order valence-electron chi connectivity index (χ1n) is 5.58. The van der Waals surface area contributed by atoms with Crippen LogP contribution in [0, 0.1) is 0 Å². The van der Waals surface area contributed by atoms with Crippen LogP contribution in [0.25, 0.3) is 0 Å². The van der Waals surface area contributed by atoms with Crippen molar-refractivity contribution in [3.63, 3.8) is 0 Å². The lowest BCUT2D eigenvalue weighted by Crippen LogP contribution is -1.93. The number of nitrogens with zero attached hydrogens (tertiary/aromatic N) is 1. The number of pyridine rings is 1. The molecule has 1 aliphatic heterocycles. The second-order valence-corrected chi connectivity index (χ2v) is 7.20. The molecule has 0 unspecified atom stereocenters. The van der Waals surface area contributed by atoms with Gasteiger partial charge in [0.25, 0.3) is 0 Å². The molecule has 17 heavy (non-hydrogen) atoms. The van der Waals surface area contributed by atoms with Gasteiger partial charge in [-0.3, -0.25) is 4.98 Å². The SMILES string of the molecule is c1cc2nc(c1)CSCc1ccc(s1)CSC2. The van der Waals surface area contributed by atoms with Crippen LogP contribution in [0.2, 0.25) is 0 Å². The second kappa shape index (κ2) is 5.46. The Bertz CT molecular complexity index is 467. The smallest absolute Gasteiger partial charge is 0.0506 e. The summed E-state index contributed by atoms with van der Waals surface area (Å²) in [6, 6.07) is 10.9. The number of thiophene rings is 1. The van der Waals surface area contributed by atoms with Gasteiger partial charge in [-0.15, -0.1) is 34.9 Å². The molecule has 3 rings (SSSR count). The van der Waals surface area contributed by atoms with E-state index in [1.807, 2.05) is 34.9 Å². The van der Waals surface area contributed by atoms with E-state index in [0.29, 0.717) is 0 Å². The van der Waals surface area contributed by atoms with Crippen molar-refractivity contribution in [2.24, 2.45) is 0 Å². The van der Waals surface area contributed by atoms with Crippen molar-refractivity contribution in [3.8, 4) is 0 Å². The van der Waals surface area contributed by atoms with Gasteiger partial charge in [0, 0.05) is 32.8 Å². The van der Waals surface area contributed by atoms with E-state index >= 15 is 0 Å². The van der Waals surface area contributed by atoms with Crippen molar-refractivity contribution in [1.29, 1.82) is 0 Å². The lowest BCUT2D eigenvalue weighted by molar-refractivity contribution is 1.09. The summed E-state index contributed by atoms with van der Waals surface area (Å²) in [5.41, 5.74) is 2.43. The Hall–Kier alpha value is -0.450. The van der Waals surface area contributed by atoms with Gasteiger partial charge in [-0.1, -0.05) is 6.07 Å². The highest BCUT2D eigenvalue weighted by Gasteiger charge is 2.05. The maximum atomic E-state index is 4.69. The molecule has 0 N–H and O–H groups in total. The minimum atomic E-state index is 1.02. The fraction of sp³-hybridized carbons (Fsp3) is 0.308. The first-order valence-corrected chi connectivity index (χ1v) is 8.70. The van der Waals surface area contributed by atoms with Gasteiger partial charge >= 0.3 is 0 Å². The summed E-state index contributed by atoms with van der Waals surface area (Å²) in [6.07, 6.45) is 0. The number of thioether (sulfide) groups is 2. The van der Waals surface area contributed by atoms with Crippen LogP contribution in [0.15, 0.2) is 30.3 Å². The van der Waals surface area contributed by atoms with Crippen molar-refractivity contribution >= 4 is 34.9 Å². The molecule has 0 amide bonds. The van der Waals surface area contributed by atoms with Gasteiger partial charge in [-0.2, -0.15) is 0 Å². The third-order valence-electron chi connectivity index (χ3n) is 2.57. The topological polar surface area (TPSA) is 12.9 Å². The Morgan fingerprint density at radius 3 is 1.94 bits per heavy atom. The van der Waals surface area contributed by atoms with Crippen LogP contribution in [-0.4, -0.2) is 4.98 Å². The minimum Gasteiger partial charge on any atom is -0.256 e. The van der Waals surface area contributed by atoms with Gasteiger partial charge in [-0.25, -0.2) is 0 Å². The van der Waals surface area contributed by atoms with Crippen LogP contribution in [0.1, 0.15) is 21.1 Å². The summed E-state index contributed by atoms with van der Waals surface area (Å²) < 4.78 is 0. The predicted molar refractivity (Wildman–Crippen MR) is 78.6 cm³/mol. The van der Waals surface area contributed by atoms with Crippen LogP contribution in [0.4, 0.5) is 0 Å². The lowest BCUT2D eigenvalue weighted by atomic mass is 10.3. The fourth-order valence-electron chi connectivity index (χ4n) is 1.78. The molecule has 2 aromatic rings. The zero-order chi connectivity index (χ0) is 11.5. The zero-order valence-electron chi connectivity index (χ0n) is 9.39. The molecule has 4 heteroatoms. The molecule has 0 saturated heterocycles. The number of rotatable bonds is 0. The molecule has 2 aromatic heterocycles. The van der Waals surface area contributed by atoms with E-state index in [2.05, 4.69) is 35.3 Å². The van der Waals surface area contributed by atoms with Gasteiger partial charge in [-0.05, 0) is 24.3 Å². The standard InChI is InChI=1S/C13H13NS3/c1-2-10-6-15-8-12-4-5-13(17-12)9-16-7-11(3-1)14-10/h1-5H,6-9H2. The Balaban J connectivity index is 1.82. The third-order valence-corrected chi connectivity index (χ3v) is 6.05. The van der Waals surface area contributed by atoms with Crippen LogP contribution < -0.4 is 0 Å². The van der Waals surface area contributed by atoms with Crippen LogP contribution in [-0.2, 0) is 23.0 Å². The normalized spacial score (nSPS) is 16.0. The van der Waals surface area contributed by atoms with Gasteiger partial charge < -0.3 is 0 Å². The molecule has 3 heterocycles. The van der Waals surface area contributed by atoms with Gasteiger partial charge in [0.2, 0.25) is 0 Å². The van der Waals surface area contributed by atoms with Crippen molar-refractivity contribution in [2.75, 3.05) is 0 Å².